The van der Waals surface area contributed by atoms with Gasteiger partial charge in [-0.1, -0.05) is 19.1 Å². The van der Waals surface area contributed by atoms with Crippen LogP contribution in [-0.2, 0) is 16.4 Å². The van der Waals surface area contributed by atoms with Gasteiger partial charge in [-0.25, -0.2) is 18.2 Å². The summed E-state index contributed by atoms with van der Waals surface area (Å²) in [6.07, 6.45) is 2.14. The van der Waals surface area contributed by atoms with Gasteiger partial charge in [-0.2, -0.15) is 0 Å². The normalized spacial score (nSPS) is 11.2. The van der Waals surface area contributed by atoms with Gasteiger partial charge in [0.15, 0.2) is 0 Å². The number of pyridine rings is 1. The van der Waals surface area contributed by atoms with Crippen LogP contribution in [0.4, 0.5) is 11.5 Å². The molecule has 8 heteroatoms. The van der Waals surface area contributed by atoms with Crippen LogP contribution in [0.25, 0.3) is 0 Å². The first kappa shape index (κ1) is 19.7. The van der Waals surface area contributed by atoms with Gasteiger partial charge in [-0.15, -0.1) is 0 Å². The lowest BCUT2D eigenvalue weighted by Gasteiger charge is -2.22. The average Bonchev–Trinajstić information content (AvgIpc) is 2.63. The summed E-state index contributed by atoms with van der Waals surface area (Å²) < 4.78 is 27.4. The summed E-state index contributed by atoms with van der Waals surface area (Å²) >= 11 is 0. The lowest BCUT2D eigenvalue weighted by atomic mass is 10.2. The molecule has 0 amide bonds. The Hall–Kier alpha value is -2.61. The van der Waals surface area contributed by atoms with Crippen molar-refractivity contribution in [2.24, 2.45) is 0 Å². The second-order valence-electron chi connectivity index (χ2n) is 5.68. The third-order valence-electron chi connectivity index (χ3n) is 4.05. The highest BCUT2D eigenvalue weighted by atomic mass is 32.2. The van der Waals surface area contributed by atoms with Crippen LogP contribution in [0, 0.1) is 0 Å². The van der Waals surface area contributed by atoms with E-state index in [4.69, 9.17) is 0 Å². The van der Waals surface area contributed by atoms with E-state index in [0.717, 1.165) is 12.0 Å². The van der Waals surface area contributed by atoms with Crippen LogP contribution < -0.4 is 9.62 Å². The Morgan fingerprint density at radius 1 is 1.15 bits per heavy atom. The van der Waals surface area contributed by atoms with Crippen molar-refractivity contribution in [3.8, 4) is 0 Å². The van der Waals surface area contributed by atoms with Crippen molar-refractivity contribution in [2.45, 2.75) is 32.1 Å². The van der Waals surface area contributed by atoms with Crippen molar-refractivity contribution < 1.29 is 18.3 Å². The summed E-state index contributed by atoms with van der Waals surface area (Å²) in [6.45, 7) is 6.97. The maximum atomic E-state index is 12.5. The van der Waals surface area contributed by atoms with Crippen LogP contribution >= 0.6 is 0 Å². The molecule has 0 spiro atoms. The second kappa shape index (κ2) is 8.18. The summed E-state index contributed by atoms with van der Waals surface area (Å²) in [5.74, 6) is -0.842. The van der Waals surface area contributed by atoms with E-state index in [1.165, 1.54) is 24.4 Å². The number of aryl methyl sites for hydroxylation is 1. The molecular formula is C18H23N3O4S. The number of nitrogens with one attached hydrogen (secondary N) is 1. The summed E-state index contributed by atoms with van der Waals surface area (Å²) in [4.78, 5) is 17.6. The zero-order valence-electron chi connectivity index (χ0n) is 15.1. The maximum Gasteiger partial charge on any atom is 0.339 e. The van der Waals surface area contributed by atoms with Crippen LogP contribution in [0.5, 0.6) is 0 Å². The Morgan fingerprint density at radius 3 is 2.27 bits per heavy atom. The summed E-state index contributed by atoms with van der Waals surface area (Å²) in [7, 11) is -3.82. The molecule has 0 aliphatic carbocycles. The van der Waals surface area contributed by atoms with E-state index in [2.05, 4.69) is 9.71 Å². The number of carboxylic acid groups (broad SMARTS) is 1. The molecule has 0 bridgehead atoms. The minimum Gasteiger partial charge on any atom is -0.478 e. The molecule has 7 nitrogen and oxygen atoms in total. The van der Waals surface area contributed by atoms with Crippen molar-refractivity contribution in [1.82, 2.24) is 4.98 Å². The molecule has 1 aromatic carbocycles. The number of hydrogen-bond acceptors (Lipinski definition) is 5. The highest BCUT2D eigenvalue weighted by Crippen LogP contribution is 2.23. The lowest BCUT2D eigenvalue weighted by Crippen LogP contribution is -2.25. The number of carbonyl (C=O) groups is 1. The van der Waals surface area contributed by atoms with E-state index in [0.29, 0.717) is 18.9 Å². The largest absolute Gasteiger partial charge is 0.478 e. The molecule has 26 heavy (non-hydrogen) atoms. The standard InChI is InChI=1S/C18H23N3O4S/c1-4-13-7-9-15(10-8-13)26(24,25)20-14-11-16(18(22)23)17(19-12-14)21(5-2)6-3/h7-12,20H,4-6H2,1-3H3,(H,22,23). The molecule has 0 atom stereocenters. The molecule has 0 aliphatic heterocycles. The topological polar surface area (TPSA) is 99.6 Å². The summed E-state index contributed by atoms with van der Waals surface area (Å²) in [5, 5.41) is 9.46. The molecule has 2 rings (SSSR count). The first-order valence-corrected chi connectivity index (χ1v) is 9.90. The fraction of sp³-hybridized carbons (Fsp3) is 0.333. The monoisotopic (exact) mass is 377 g/mol. The molecular weight excluding hydrogens is 354 g/mol. The summed E-state index contributed by atoms with van der Waals surface area (Å²) in [6, 6.07) is 7.84. The van der Waals surface area contributed by atoms with Crippen LogP contribution in [0.2, 0.25) is 0 Å². The maximum absolute atomic E-state index is 12.5. The molecule has 0 fully saturated rings. The van der Waals surface area contributed by atoms with E-state index >= 15 is 0 Å². The smallest absolute Gasteiger partial charge is 0.339 e. The first-order valence-electron chi connectivity index (χ1n) is 8.42. The molecule has 2 N–H and O–H groups in total. The Balaban J connectivity index is 2.36. The second-order valence-corrected chi connectivity index (χ2v) is 7.36. The van der Waals surface area contributed by atoms with Gasteiger partial charge in [0, 0.05) is 13.1 Å². The molecule has 1 heterocycles. The highest BCUT2D eigenvalue weighted by molar-refractivity contribution is 7.92. The lowest BCUT2D eigenvalue weighted by molar-refractivity contribution is 0.0697. The zero-order chi connectivity index (χ0) is 19.3. The van der Waals surface area contributed by atoms with Crippen LogP contribution in [0.1, 0.15) is 36.7 Å². The molecule has 0 saturated heterocycles. The van der Waals surface area contributed by atoms with Crippen LogP contribution in [0.3, 0.4) is 0 Å². The molecule has 0 aliphatic rings. The van der Waals surface area contributed by atoms with Gasteiger partial charge in [0.05, 0.1) is 16.8 Å². The molecule has 2 aromatic rings. The zero-order valence-corrected chi connectivity index (χ0v) is 15.9. The quantitative estimate of drug-likeness (QED) is 0.734. The molecule has 0 saturated carbocycles. The third kappa shape index (κ3) is 4.32. The summed E-state index contributed by atoms with van der Waals surface area (Å²) in [5.41, 5.74) is 1.09. The number of carboxylic acids is 1. The average molecular weight is 377 g/mol. The number of sulfonamides is 1. The van der Waals surface area contributed by atoms with Crippen LogP contribution in [-0.4, -0.2) is 37.6 Å². The minimum atomic E-state index is -3.82. The van der Waals surface area contributed by atoms with Gasteiger partial charge in [0.2, 0.25) is 0 Å². The van der Waals surface area contributed by atoms with Crippen molar-refractivity contribution >= 4 is 27.5 Å². The van der Waals surface area contributed by atoms with Gasteiger partial charge >= 0.3 is 5.97 Å². The van der Waals surface area contributed by atoms with E-state index in [9.17, 15) is 18.3 Å². The predicted molar refractivity (Wildman–Crippen MR) is 101 cm³/mol. The van der Waals surface area contributed by atoms with Gasteiger partial charge in [-0.3, -0.25) is 4.72 Å². The number of hydrogen-bond donors (Lipinski definition) is 2. The Kier molecular flexibility index (Phi) is 6.20. The van der Waals surface area contributed by atoms with Crippen molar-refractivity contribution in [1.29, 1.82) is 0 Å². The van der Waals surface area contributed by atoms with Crippen molar-refractivity contribution in [3.05, 3.63) is 47.7 Å². The number of nitrogens with zero attached hydrogens (tertiary/aromatic N) is 2. The van der Waals surface area contributed by atoms with E-state index in [1.54, 1.807) is 17.0 Å². The highest BCUT2D eigenvalue weighted by Gasteiger charge is 2.19. The van der Waals surface area contributed by atoms with Gasteiger partial charge in [0.1, 0.15) is 11.4 Å². The Morgan fingerprint density at radius 2 is 1.77 bits per heavy atom. The number of aromatic carboxylic acids is 1. The first-order chi connectivity index (χ1) is 12.3. The number of benzene rings is 1. The third-order valence-corrected chi connectivity index (χ3v) is 5.45. The molecule has 1 aromatic heterocycles. The van der Waals surface area contributed by atoms with E-state index in [1.807, 2.05) is 20.8 Å². The van der Waals surface area contributed by atoms with Gasteiger partial charge < -0.3 is 10.0 Å². The molecule has 0 unspecified atom stereocenters. The number of rotatable bonds is 8. The predicted octanol–water partition coefficient (Wildman–Crippen LogP) is 2.99. The van der Waals surface area contributed by atoms with E-state index in [-0.39, 0.29) is 16.1 Å². The number of anilines is 2. The fourth-order valence-corrected chi connectivity index (χ4v) is 3.60. The van der Waals surface area contributed by atoms with Crippen molar-refractivity contribution in [2.75, 3.05) is 22.7 Å². The van der Waals surface area contributed by atoms with Gasteiger partial charge in [0.25, 0.3) is 10.0 Å². The van der Waals surface area contributed by atoms with E-state index < -0.39 is 16.0 Å². The van der Waals surface area contributed by atoms with Crippen LogP contribution in [0.15, 0.2) is 41.4 Å². The van der Waals surface area contributed by atoms with Crippen molar-refractivity contribution in [3.63, 3.8) is 0 Å². The molecule has 140 valence electrons. The van der Waals surface area contributed by atoms with Gasteiger partial charge in [-0.05, 0) is 44.0 Å². The minimum absolute atomic E-state index is 0.0461. The molecule has 0 radical (unpaired) electrons. The Bertz CT molecular complexity index is 876. The fourth-order valence-electron chi connectivity index (χ4n) is 2.56. The number of aromatic nitrogens is 1. The SMILES string of the molecule is CCc1ccc(S(=O)(=O)Nc2cnc(N(CC)CC)c(C(=O)O)c2)cc1. The Labute approximate surface area is 153 Å².